The molecule has 0 spiro atoms. The molecule has 0 aliphatic carbocycles. The fourth-order valence-corrected chi connectivity index (χ4v) is 2.92. The zero-order valence-electron chi connectivity index (χ0n) is 13.6. The van der Waals surface area contributed by atoms with Crippen molar-refractivity contribution in [1.82, 2.24) is 15.3 Å². The van der Waals surface area contributed by atoms with Crippen molar-refractivity contribution in [1.29, 1.82) is 0 Å². The van der Waals surface area contributed by atoms with Gasteiger partial charge in [0.1, 0.15) is 0 Å². The highest BCUT2D eigenvalue weighted by atomic mass is 15.2. The van der Waals surface area contributed by atoms with E-state index in [0.717, 1.165) is 43.3 Å². The maximum atomic E-state index is 4.91. The highest BCUT2D eigenvalue weighted by Crippen LogP contribution is 2.28. The van der Waals surface area contributed by atoms with E-state index in [-0.39, 0.29) is 0 Å². The maximum Gasteiger partial charge on any atom is 0.159 e. The van der Waals surface area contributed by atoms with Gasteiger partial charge in [-0.3, -0.25) is 0 Å². The molecule has 1 aliphatic heterocycles. The van der Waals surface area contributed by atoms with Crippen molar-refractivity contribution in [3.05, 3.63) is 41.7 Å². The van der Waals surface area contributed by atoms with E-state index in [1.807, 2.05) is 12.3 Å². The quantitative estimate of drug-likeness (QED) is 0.945. The van der Waals surface area contributed by atoms with E-state index in [0.29, 0.717) is 5.92 Å². The molecule has 4 heteroatoms. The van der Waals surface area contributed by atoms with Gasteiger partial charge in [0.05, 0.1) is 17.6 Å². The minimum Gasteiger partial charge on any atom is -0.366 e. The molecule has 1 N–H and O–H groups in total. The van der Waals surface area contributed by atoms with E-state index in [1.165, 1.54) is 11.3 Å². The molecule has 0 unspecified atom stereocenters. The largest absolute Gasteiger partial charge is 0.366 e. The van der Waals surface area contributed by atoms with E-state index in [1.54, 1.807) is 0 Å². The fourth-order valence-electron chi connectivity index (χ4n) is 2.92. The molecule has 1 aromatic heterocycles. The molecule has 0 saturated carbocycles. The van der Waals surface area contributed by atoms with Crippen LogP contribution in [-0.4, -0.2) is 36.1 Å². The smallest absolute Gasteiger partial charge is 0.159 e. The van der Waals surface area contributed by atoms with Crippen LogP contribution in [0.3, 0.4) is 0 Å². The van der Waals surface area contributed by atoms with Crippen molar-refractivity contribution in [3.8, 4) is 11.4 Å². The Balaban J connectivity index is 2.02. The third-order valence-corrected chi connectivity index (χ3v) is 4.19. The van der Waals surface area contributed by atoms with Gasteiger partial charge >= 0.3 is 0 Å². The maximum absolute atomic E-state index is 4.91. The molecule has 2 aromatic rings. The highest BCUT2D eigenvalue weighted by Gasteiger charge is 2.19. The molecule has 1 saturated heterocycles. The number of hydrogen-bond donors (Lipinski definition) is 1. The number of piperazine rings is 1. The summed E-state index contributed by atoms with van der Waals surface area (Å²) in [7, 11) is 0. The summed E-state index contributed by atoms with van der Waals surface area (Å²) >= 11 is 0. The molecule has 0 atom stereocenters. The molecular weight excluding hydrogens is 272 g/mol. The van der Waals surface area contributed by atoms with Gasteiger partial charge in [-0.15, -0.1) is 0 Å². The normalized spacial score (nSPS) is 15.4. The Morgan fingerprint density at radius 3 is 2.55 bits per heavy atom. The lowest BCUT2D eigenvalue weighted by Gasteiger charge is -2.31. The van der Waals surface area contributed by atoms with Crippen LogP contribution in [0.15, 0.2) is 30.5 Å². The molecule has 0 bridgehead atoms. The minimum absolute atomic E-state index is 0.385. The van der Waals surface area contributed by atoms with Crippen LogP contribution in [0.4, 0.5) is 5.69 Å². The Labute approximate surface area is 132 Å². The van der Waals surface area contributed by atoms with Gasteiger partial charge in [-0.2, -0.15) is 0 Å². The van der Waals surface area contributed by atoms with Crippen molar-refractivity contribution in [3.63, 3.8) is 0 Å². The number of nitrogens with one attached hydrogen (secondary N) is 1. The Hall–Kier alpha value is -1.94. The number of rotatable bonds is 3. The first-order chi connectivity index (χ1) is 10.7. The summed E-state index contributed by atoms with van der Waals surface area (Å²) in [6, 6.07) is 8.31. The van der Waals surface area contributed by atoms with Gasteiger partial charge in [0.25, 0.3) is 0 Å². The van der Waals surface area contributed by atoms with Gasteiger partial charge in [-0.1, -0.05) is 38.1 Å². The summed E-state index contributed by atoms with van der Waals surface area (Å²) in [5.74, 6) is 1.22. The van der Waals surface area contributed by atoms with Crippen molar-refractivity contribution in [2.45, 2.75) is 26.7 Å². The van der Waals surface area contributed by atoms with E-state index in [2.05, 4.69) is 54.2 Å². The predicted octanol–water partition coefficient (Wildman–Crippen LogP) is 2.99. The molecule has 0 amide bonds. The number of benzene rings is 1. The molecule has 0 radical (unpaired) electrons. The van der Waals surface area contributed by atoms with Gasteiger partial charge in [-0.05, 0) is 18.4 Å². The Morgan fingerprint density at radius 1 is 1.14 bits per heavy atom. The SMILES string of the molecule is Cc1ccccc1-c1ncc(N2CCNCC2)c(C(C)C)n1. The molecule has 4 nitrogen and oxygen atoms in total. The van der Waals surface area contributed by atoms with Gasteiger partial charge in [0.15, 0.2) is 5.82 Å². The average molecular weight is 296 g/mol. The molecule has 1 aromatic carbocycles. The Kier molecular flexibility index (Phi) is 4.39. The summed E-state index contributed by atoms with van der Waals surface area (Å²) in [5, 5.41) is 3.40. The molecule has 2 heterocycles. The van der Waals surface area contributed by atoms with E-state index < -0.39 is 0 Å². The molecular formula is C18H24N4. The second-order valence-corrected chi connectivity index (χ2v) is 6.17. The number of aromatic nitrogens is 2. The third-order valence-electron chi connectivity index (χ3n) is 4.19. The van der Waals surface area contributed by atoms with Crippen LogP contribution in [0, 0.1) is 6.92 Å². The average Bonchev–Trinajstić information content (AvgIpc) is 2.55. The van der Waals surface area contributed by atoms with Gasteiger partial charge in [0, 0.05) is 31.7 Å². The standard InChI is InChI=1S/C18H24N4/c1-13(2)17-16(22-10-8-19-9-11-22)12-20-18(21-17)15-7-5-4-6-14(15)3/h4-7,12-13,19H,8-11H2,1-3H3. The van der Waals surface area contributed by atoms with Crippen molar-refractivity contribution in [2.24, 2.45) is 0 Å². The van der Waals surface area contributed by atoms with Gasteiger partial charge < -0.3 is 10.2 Å². The minimum atomic E-state index is 0.385. The zero-order chi connectivity index (χ0) is 15.5. The topological polar surface area (TPSA) is 41.1 Å². The first-order valence-corrected chi connectivity index (χ1v) is 8.05. The summed E-state index contributed by atoms with van der Waals surface area (Å²) in [6.07, 6.45) is 2.01. The summed E-state index contributed by atoms with van der Waals surface area (Å²) in [4.78, 5) is 12.0. The molecule has 22 heavy (non-hydrogen) atoms. The second kappa shape index (κ2) is 6.44. The lowest BCUT2D eigenvalue weighted by Crippen LogP contribution is -2.44. The first-order valence-electron chi connectivity index (χ1n) is 8.05. The van der Waals surface area contributed by atoms with Crippen LogP contribution >= 0.6 is 0 Å². The van der Waals surface area contributed by atoms with Crippen LogP contribution < -0.4 is 10.2 Å². The number of nitrogens with zero attached hydrogens (tertiary/aromatic N) is 3. The first kappa shape index (κ1) is 15.0. The van der Waals surface area contributed by atoms with Crippen LogP contribution in [-0.2, 0) is 0 Å². The summed E-state index contributed by atoms with van der Waals surface area (Å²) in [6.45, 7) is 10.6. The number of aryl methyl sites for hydroxylation is 1. The fraction of sp³-hybridized carbons (Fsp3) is 0.444. The van der Waals surface area contributed by atoms with Crippen molar-refractivity contribution >= 4 is 5.69 Å². The van der Waals surface area contributed by atoms with Crippen molar-refractivity contribution in [2.75, 3.05) is 31.1 Å². The predicted molar refractivity (Wildman–Crippen MR) is 91.4 cm³/mol. The monoisotopic (exact) mass is 296 g/mol. The molecule has 1 fully saturated rings. The lowest BCUT2D eigenvalue weighted by atomic mass is 10.1. The van der Waals surface area contributed by atoms with Crippen LogP contribution in [0.1, 0.15) is 31.0 Å². The van der Waals surface area contributed by atoms with Gasteiger partial charge in [-0.25, -0.2) is 9.97 Å². The number of anilines is 1. The van der Waals surface area contributed by atoms with Crippen LogP contribution in [0.25, 0.3) is 11.4 Å². The lowest BCUT2D eigenvalue weighted by molar-refractivity contribution is 0.584. The third kappa shape index (κ3) is 2.97. The van der Waals surface area contributed by atoms with Crippen LogP contribution in [0.5, 0.6) is 0 Å². The Bertz CT molecular complexity index is 645. The molecule has 3 rings (SSSR count). The van der Waals surface area contributed by atoms with E-state index in [9.17, 15) is 0 Å². The Morgan fingerprint density at radius 2 is 1.86 bits per heavy atom. The van der Waals surface area contributed by atoms with E-state index in [4.69, 9.17) is 4.98 Å². The van der Waals surface area contributed by atoms with E-state index >= 15 is 0 Å². The molecule has 116 valence electrons. The highest BCUT2D eigenvalue weighted by molar-refractivity contribution is 5.62. The second-order valence-electron chi connectivity index (χ2n) is 6.17. The number of hydrogen-bond acceptors (Lipinski definition) is 4. The van der Waals surface area contributed by atoms with Crippen LogP contribution in [0.2, 0.25) is 0 Å². The van der Waals surface area contributed by atoms with Gasteiger partial charge in [0.2, 0.25) is 0 Å². The van der Waals surface area contributed by atoms with Crippen molar-refractivity contribution < 1.29 is 0 Å². The zero-order valence-corrected chi connectivity index (χ0v) is 13.6. The summed E-state index contributed by atoms with van der Waals surface area (Å²) < 4.78 is 0. The summed E-state index contributed by atoms with van der Waals surface area (Å²) in [5.41, 5.74) is 4.67. The molecule has 1 aliphatic rings.